The number of ether oxygens (including phenoxy) is 1. The number of quaternary nitrogens is 1. The Bertz CT molecular complexity index is 1240. The van der Waals surface area contributed by atoms with Gasteiger partial charge in [-0.25, -0.2) is 0 Å². The van der Waals surface area contributed by atoms with Gasteiger partial charge in [0.05, 0.1) is 23.1 Å². The topological polar surface area (TPSA) is 78.5 Å². The summed E-state index contributed by atoms with van der Waals surface area (Å²) in [7, 11) is 0. The first-order chi connectivity index (χ1) is 17.8. The standard InChI is InChI=1S/C29H28Cl2N2O4/c30-24-12-11-23(17-25(24)31)32-27(34)19-33-15-13-20(14-16-33)26(18-33)37-28(35)29(36,21-7-3-1-4-8-21)22-9-5-2-6-10-22/h1-12,17,20,26H,13-16,18-19H2,(H,32,34). The molecule has 1 unspecified atom stereocenters. The molecular weight excluding hydrogens is 511 g/mol. The van der Waals surface area contributed by atoms with E-state index in [1.807, 2.05) is 12.1 Å². The molecule has 3 aromatic carbocycles. The number of piperidine rings is 3. The van der Waals surface area contributed by atoms with Crippen molar-refractivity contribution in [1.82, 2.24) is 0 Å². The Balaban J connectivity index is 1.32. The molecule has 1 N–H and O–H groups in total. The van der Waals surface area contributed by atoms with Crippen LogP contribution in [0, 0.1) is 5.92 Å². The molecule has 37 heavy (non-hydrogen) atoms. The fraction of sp³-hybridized carbons (Fsp3) is 0.310. The molecule has 3 aromatic rings. The van der Waals surface area contributed by atoms with E-state index in [4.69, 9.17) is 27.9 Å². The quantitative estimate of drug-likeness (QED) is 0.357. The van der Waals surface area contributed by atoms with E-state index in [-0.39, 0.29) is 18.4 Å². The highest BCUT2D eigenvalue weighted by Crippen LogP contribution is 2.37. The lowest BCUT2D eigenvalue weighted by Gasteiger charge is -2.52. The minimum atomic E-state index is -2.18. The maximum absolute atomic E-state index is 14.2. The van der Waals surface area contributed by atoms with Gasteiger partial charge in [-0.15, -0.1) is 0 Å². The van der Waals surface area contributed by atoms with Crippen molar-refractivity contribution < 1.29 is 23.9 Å². The van der Waals surface area contributed by atoms with Gasteiger partial charge in [-0.1, -0.05) is 83.9 Å². The summed E-state index contributed by atoms with van der Waals surface area (Å²) in [6.07, 6.45) is 1.25. The van der Waals surface area contributed by atoms with Gasteiger partial charge >= 0.3 is 5.97 Å². The minimum absolute atomic E-state index is 0.143. The number of carbonyl (C=O) groups is 2. The summed E-state index contributed by atoms with van der Waals surface area (Å²) >= 11 is 12.1. The number of anilines is 1. The fourth-order valence-electron chi connectivity index (χ4n) is 5.62. The molecule has 0 saturated carbocycles. The number of nitrogens with one attached hydrogen (secondary N) is 1. The van der Waals surface area contributed by atoms with Gasteiger partial charge in [-0.2, -0.15) is 0 Å². The van der Waals surface area contributed by atoms with Crippen LogP contribution in [-0.4, -0.2) is 48.6 Å². The molecule has 8 heteroatoms. The molecule has 6 nitrogen and oxygen atoms in total. The van der Waals surface area contributed by atoms with Crippen LogP contribution in [0.15, 0.2) is 78.9 Å². The number of hydrogen-bond acceptors (Lipinski definition) is 4. The molecule has 0 spiro atoms. The molecule has 2 bridgehead atoms. The summed E-state index contributed by atoms with van der Waals surface area (Å²) in [5.41, 5.74) is -0.908. The summed E-state index contributed by atoms with van der Waals surface area (Å²) in [5, 5.41) is 17.9. The normalized spacial score (nSPS) is 22.9. The van der Waals surface area contributed by atoms with Crippen molar-refractivity contribution in [3.63, 3.8) is 0 Å². The second-order valence-corrected chi connectivity index (χ2v) is 10.8. The Morgan fingerprint density at radius 1 is 0.919 bits per heavy atom. The highest BCUT2D eigenvalue weighted by molar-refractivity contribution is 6.42. The van der Waals surface area contributed by atoms with Crippen molar-refractivity contribution in [3.05, 3.63) is 100 Å². The lowest BCUT2D eigenvalue weighted by atomic mass is 9.82. The van der Waals surface area contributed by atoms with Gasteiger partial charge in [-0.3, -0.25) is 9.59 Å². The van der Waals surface area contributed by atoms with Crippen molar-refractivity contribution in [1.29, 1.82) is 0 Å². The number of fused-ring (bicyclic) bond motifs is 3. The molecular formula is C29H28Cl2N2O4. The number of amides is 1. The van der Waals surface area contributed by atoms with E-state index in [1.54, 1.807) is 66.7 Å². The third kappa shape index (κ3) is 5.25. The van der Waals surface area contributed by atoms with Gasteiger partial charge in [0.2, 0.25) is 0 Å². The molecule has 3 fully saturated rings. The van der Waals surface area contributed by atoms with Gasteiger partial charge in [0.15, 0.2) is 12.6 Å². The second-order valence-electron chi connectivity index (χ2n) is 10.0. The van der Waals surface area contributed by atoms with Crippen LogP contribution in [0.5, 0.6) is 0 Å². The first-order valence-electron chi connectivity index (χ1n) is 12.4. The first-order valence-corrected chi connectivity index (χ1v) is 13.2. The number of hydrogen-bond donors (Lipinski definition) is 1. The van der Waals surface area contributed by atoms with Crippen molar-refractivity contribution in [2.75, 3.05) is 31.5 Å². The Labute approximate surface area is 226 Å². The summed E-state index contributed by atoms with van der Waals surface area (Å²) < 4.78 is 6.54. The van der Waals surface area contributed by atoms with Crippen LogP contribution in [0.1, 0.15) is 24.0 Å². The van der Waals surface area contributed by atoms with Gasteiger partial charge in [0.1, 0.15) is 6.54 Å². The first kappa shape index (κ1) is 25.7. The average molecular weight is 539 g/mol. The molecule has 0 radical (unpaired) electrons. The van der Waals surface area contributed by atoms with Crippen LogP contribution in [0.25, 0.3) is 0 Å². The Kier molecular flexibility index (Phi) is 7.28. The maximum atomic E-state index is 14.2. The lowest BCUT2D eigenvalue weighted by Crippen LogP contribution is -2.67. The van der Waals surface area contributed by atoms with E-state index in [2.05, 4.69) is 5.32 Å². The third-order valence-electron chi connectivity index (χ3n) is 7.63. The van der Waals surface area contributed by atoms with E-state index in [0.717, 1.165) is 25.9 Å². The monoisotopic (exact) mass is 538 g/mol. The summed E-state index contributed by atoms with van der Waals surface area (Å²) in [6, 6.07) is 22.3. The van der Waals surface area contributed by atoms with Crippen molar-refractivity contribution >= 4 is 40.8 Å². The van der Waals surface area contributed by atoms with E-state index in [9.17, 15) is 14.7 Å². The molecule has 0 aliphatic carbocycles. The number of carbonyl (C=O) groups excluding carboxylic acids is 2. The predicted molar refractivity (Wildman–Crippen MR) is 141 cm³/mol. The van der Waals surface area contributed by atoms with Crippen molar-refractivity contribution in [2.45, 2.75) is 24.5 Å². The van der Waals surface area contributed by atoms with Crippen LogP contribution in [0.2, 0.25) is 10.0 Å². The number of esters is 1. The smallest absolute Gasteiger partial charge is 0.304 e. The molecule has 192 valence electrons. The second kappa shape index (κ2) is 10.5. The SMILES string of the molecule is O=C(C[N+]12CCC(CC1)C(OC(=O)C([O-])(c1ccccc1)c1ccccc1)C2)Nc1ccc(Cl)c(Cl)c1. The number of halogens is 2. The summed E-state index contributed by atoms with van der Waals surface area (Å²) in [6.45, 7) is 2.41. The van der Waals surface area contributed by atoms with Gasteiger partial charge in [-0.05, 0) is 29.3 Å². The zero-order valence-corrected chi connectivity index (χ0v) is 21.8. The molecule has 3 aliphatic rings. The van der Waals surface area contributed by atoms with Gasteiger partial charge in [0, 0.05) is 30.0 Å². The average Bonchev–Trinajstić information content (AvgIpc) is 2.91. The molecule has 6 rings (SSSR count). The summed E-state index contributed by atoms with van der Waals surface area (Å²) in [5.74, 6) is -0.768. The van der Waals surface area contributed by atoms with E-state index >= 15 is 0 Å². The van der Waals surface area contributed by atoms with Crippen LogP contribution in [-0.2, 0) is 19.9 Å². The number of rotatable bonds is 7. The van der Waals surface area contributed by atoms with E-state index in [0.29, 0.717) is 37.9 Å². The largest absolute Gasteiger partial charge is 0.834 e. The fourth-order valence-corrected chi connectivity index (χ4v) is 5.92. The van der Waals surface area contributed by atoms with Gasteiger partial charge in [0.25, 0.3) is 5.91 Å². The van der Waals surface area contributed by atoms with E-state index in [1.165, 1.54) is 0 Å². The zero-order valence-electron chi connectivity index (χ0n) is 20.2. The Morgan fingerprint density at radius 2 is 1.51 bits per heavy atom. The molecule has 1 atom stereocenters. The number of nitrogens with zero attached hydrogens (tertiary/aromatic N) is 1. The predicted octanol–water partition coefficient (Wildman–Crippen LogP) is 4.39. The Morgan fingerprint density at radius 3 is 2.08 bits per heavy atom. The Hall–Kier alpha value is -2.90. The van der Waals surface area contributed by atoms with Crippen LogP contribution < -0.4 is 10.4 Å². The molecule has 1 amide bonds. The summed E-state index contributed by atoms with van der Waals surface area (Å²) in [4.78, 5) is 26.5. The molecule has 3 heterocycles. The molecule has 3 aliphatic heterocycles. The van der Waals surface area contributed by atoms with Crippen LogP contribution in [0.4, 0.5) is 5.69 Å². The lowest BCUT2D eigenvalue weighted by molar-refractivity contribution is -0.939. The zero-order chi connectivity index (χ0) is 26.0. The maximum Gasteiger partial charge on any atom is 0.304 e. The van der Waals surface area contributed by atoms with E-state index < -0.39 is 17.7 Å². The highest BCUT2D eigenvalue weighted by Gasteiger charge is 2.49. The molecule has 0 aromatic heterocycles. The highest BCUT2D eigenvalue weighted by atomic mass is 35.5. The molecule has 3 saturated heterocycles. The van der Waals surface area contributed by atoms with Crippen molar-refractivity contribution in [2.24, 2.45) is 5.92 Å². The van der Waals surface area contributed by atoms with Crippen LogP contribution in [0.3, 0.4) is 0 Å². The number of benzene rings is 3. The third-order valence-corrected chi connectivity index (χ3v) is 8.37. The van der Waals surface area contributed by atoms with Crippen LogP contribution >= 0.6 is 23.2 Å². The minimum Gasteiger partial charge on any atom is -0.834 e. The van der Waals surface area contributed by atoms with Crippen molar-refractivity contribution in [3.8, 4) is 0 Å². The van der Waals surface area contributed by atoms with Gasteiger partial charge < -0.3 is 19.6 Å².